The highest BCUT2D eigenvalue weighted by molar-refractivity contribution is 7.98. The van der Waals surface area contributed by atoms with Crippen LogP contribution in [0.25, 0.3) is 11.3 Å². The molecule has 0 spiro atoms. The second-order valence-corrected chi connectivity index (χ2v) is 8.10. The second kappa shape index (κ2) is 9.77. The number of furan rings is 1. The third kappa shape index (κ3) is 5.37. The Hall–Kier alpha value is -2.29. The summed E-state index contributed by atoms with van der Waals surface area (Å²) < 4.78 is 5.09. The first-order valence-corrected chi connectivity index (χ1v) is 11.1. The number of nitrogens with one attached hydrogen (secondary N) is 2. The third-order valence-corrected chi connectivity index (χ3v) is 5.47. The summed E-state index contributed by atoms with van der Waals surface area (Å²) in [6.45, 7) is 0. The van der Waals surface area contributed by atoms with Crippen LogP contribution in [-0.4, -0.2) is 34.8 Å². The van der Waals surface area contributed by atoms with Crippen molar-refractivity contribution in [2.45, 2.75) is 12.5 Å². The van der Waals surface area contributed by atoms with E-state index in [9.17, 15) is 9.59 Å². The van der Waals surface area contributed by atoms with E-state index in [0.29, 0.717) is 16.6 Å². The van der Waals surface area contributed by atoms with Gasteiger partial charge in [0.1, 0.15) is 6.04 Å². The first-order valence-electron chi connectivity index (χ1n) is 8.42. The Morgan fingerprint density at radius 3 is 2.89 bits per heavy atom. The van der Waals surface area contributed by atoms with Crippen LogP contribution in [0.4, 0.5) is 5.13 Å². The van der Waals surface area contributed by atoms with Crippen LogP contribution in [0, 0.1) is 0 Å². The number of carbonyl (C=O) groups excluding carboxylic acids is 2. The van der Waals surface area contributed by atoms with Crippen molar-refractivity contribution in [3.05, 3.63) is 58.8 Å². The quantitative estimate of drug-likeness (QED) is 0.542. The van der Waals surface area contributed by atoms with Gasteiger partial charge in [-0.1, -0.05) is 23.7 Å². The van der Waals surface area contributed by atoms with E-state index in [4.69, 9.17) is 16.0 Å². The summed E-state index contributed by atoms with van der Waals surface area (Å²) >= 11 is 8.94. The molecule has 0 bridgehead atoms. The normalized spacial score (nSPS) is 11.8. The lowest BCUT2D eigenvalue weighted by molar-refractivity contribution is -0.118. The van der Waals surface area contributed by atoms with Gasteiger partial charge in [0, 0.05) is 16.0 Å². The van der Waals surface area contributed by atoms with Gasteiger partial charge in [-0.05, 0) is 42.7 Å². The molecule has 1 atom stereocenters. The highest BCUT2D eigenvalue weighted by Gasteiger charge is 2.23. The Morgan fingerprint density at radius 1 is 1.32 bits per heavy atom. The van der Waals surface area contributed by atoms with Crippen LogP contribution < -0.4 is 10.6 Å². The number of rotatable bonds is 8. The molecule has 1 unspecified atom stereocenters. The Balaban J connectivity index is 1.68. The Labute approximate surface area is 175 Å². The second-order valence-electron chi connectivity index (χ2n) is 5.82. The van der Waals surface area contributed by atoms with E-state index in [2.05, 4.69) is 15.6 Å². The number of nitrogens with zero attached hydrogens (tertiary/aromatic N) is 1. The van der Waals surface area contributed by atoms with Gasteiger partial charge in [-0.15, -0.1) is 11.3 Å². The summed E-state index contributed by atoms with van der Waals surface area (Å²) in [4.78, 5) is 29.4. The first kappa shape index (κ1) is 20.4. The molecule has 2 N–H and O–H groups in total. The van der Waals surface area contributed by atoms with Crippen molar-refractivity contribution >= 4 is 51.6 Å². The van der Waals surface area contributed by atoms with Gasteiger partial charge < -0.3 is 15.1 Å². The molecule has 28 heavy (non-hydrogen) atoms. The van der Waals surface area contributed by atoms with Gasteiger partial charge in [-0.2, -0.15) is 11.8 Å². The first-order chi connectivity index (χ1) is 13.6. The van der Waals surface area contributed by atoms with Gasteiger partial charge in [0.2, 0.25) is 5.91 Å². The number of hydrogen-bond donors (Lipinski definition) is 2. The van der Waals surface area contributed by atoms with Crippen molar-refractivity contribution in [3.8, 4) is 11.3 Å². The molecule has 0 saturated carbocycles. The number of carbonyl (C=O) groups is 2. The Morgan fingerprint density at radius 2 is 2.18 bits per heavy atom. The minimum absolute atomic E-state index is 0.166. The number of aromatic nitrogens is 1. The summed E-state index contributed by atoms with van der Waals surface area (Å²) in [6.07, 6.45) is 3.85. The molecule has 0 saturated heterocycles. The SMILES string of the molecule is CSCCC(NC(=O)c1ccco1)C(=O)Nc1nc(-c2cccc(Cl)c2)cs1. The third-order valence-electron chi connectivity index (χ3n) is 3.83. The fourth-order valence-electron chi connectivity index (χ4n) is 2.45. The fourth-order valence-corrected chi connectivity index (χ4v) is 3.83. The maximum atomic E-state index is 12.7. The average Bonchev–Trinajstić information content (AvgIpc) is 3.37. The zero-order valence-electron chi connectivity index (χ0n) is 15.0. The van der Waals surface area contributed by atoms with Crippen molar-refractivity contribution in [3.63, 3.8) is 0 Å². The Bertz CT molecular complexity index is 944. The lowest BCUT2D eigenvalue weighted by Gasteiger charge is -2.16. The van der Waals surface area contributed by atoms with E-state index in [1.165, 1.54) is 17.6 Å². The molecule has 0 fully saturated rings. The van der Waals surface area contributed by atoms with Crippen LogP contribution in [0.2, 0.25) is 5.02 Å². The van der Waals surface area contributed by atoms with Crippen molar-refractivity contribution < 1.29 is 14.0 Å². The monoisotopic (exact) mass is 435 g/mol. The van der Waals surface area contributed by atoms with Crippen LogP contribution in [0.3, 0.4) is 0 Å². The number of hydrogen-bond acceptors (Lipinski definition) is 6. The summed E-state index contributed by atoms with van der Waals surface area (Å²) in [5.74, 6) is 0.146. The van der Waals surface area contributed by atoms with Gasteiger partial charge in [-0.25, -0.2) is 4.98 Å². The highest BCUT2D eigenvalue weighted by atomic mass is 35.5. The van der Waals surface area contributed by atoms with E-state index in [1.807, 2.05) is 29.8 Å². The lowest BCUT2D eigenvalue weighted by Crippen LogP contribution is -2.44. The van der Waals surface area contributed by atoms with Gasteiger partial charge >= 0.3 is 0 Å². The molecular weight excluding hydrogens is 418 g/mol. The molecule has 3 rings (SSSR count). The number of thioether (sulfide) groups is 1. The van der Waals surface area contributed by atoms with E-state index in [1.54, 1.807) is 30.0 Å². The maximum Gasteiger partial charge on any atom is 0.287 e. The van der Waals surface area contributed by atoms with Crippen LogP contribution in [0.1, 0.15) is 17.0 Å². The predicted octanol–water partition coefficient (Wildman–Crippen LogP) is 4.55. The lowest BCUT2D eigenvalue weighted by atomic mass is 10.2. The molecule has 6 nitrogen and oxygen atoms in total. The van der Waals surface area contributed by atoms with Crippen LogP contribution in [0.15, 0.2) is 52.5 Å². The predicted molar refractivity (Wildman–Crippen MR) is 114 cm³/mol. The standard InChI is InChI=1S/C19H18ClN3O3S2/c1-27-9-7-14(21-18(25)16-6-3-8-26-16)17(24)23-19-22-15(11-28-19)12-4-2-5-13(20)10-12/h2-6,8,10-11,14H,7,9H2,1H3,(H,21,25)(H,22,23,24). The summed E-state index contributed by atoms with van der Waals surface area (Å²) in [5, 5.41) is 8.43. The van der Waals surface area contributed by atoms with E-state index >= 15 is 0 Å². The number of amides is 2. The Kier molecular flexibility index (Phi) is 7.13. The van der Waals surface area contributed by atoms with Crippen molar-refractivity contribution in [1.82, 2.24) is 10.3 Å². The molecule has 0 aliphatic heterocycles. The molecule has 9 heteroatoms. The van der Waals surface area contributed by atoms with Crippen molar-refractivity contribution in [1.29, 1.82) is 0 Å². The molecule has 0 aliphatic rings. The van der Waals surface area contributed by atoms with Gasteiger partial charge in [0.05, 0.1) is 12.0 Å². The van der Waals surface area contributed by atoms with Gasteiger partial charge in [-0.3, -0.25) is 9.59 Å². The van der Waals surface area contributed by atoms with E-state index in [0.717, 1.165) is 17.0 Å². The van der Waals surface area contributed by atoms with Crippen molar-refractivity contribution in [2.24, 2.45) is 0 Å². The van der Waals surface area contributed by atoms with Gasteiger partial charge in [0.25, 0.3) is 5.91 Å². The largest absolute Gasteiger partial charge is 0.459 e. The summed E-state index contributed by atoms with van der Waals surface area (Å²) in [6, 6.07) is 9.83. The molecular formula is C19H18ClN3O3S2. The number of anilines is 1. The van der Waals surface area contributed by atoms with Crippen LogP contribution in [-0.2, 0) is 4.79 Å². The highest BCUT2D eigenvalue weighted by Crippen LogP contribution is 2.26. The zero-order chi connectivity index (χ0) is 19.9. The molecule has 2 amide bonds. The zero-order valence-corrected chi connectivity index (χ0v) is 17.4. The number of thiazole rings is 1. The van der Waals surface area contributed by atoms with Gasteiger partial charge in [0.15, 0.2) is 10.9 Å². The minimum Gasteiger partial charge on any atom is -0.459 e. The molecule has 3 aromatic rings. The molecule has 2 aromatic heterocycles. The van der Waals surface area contributed by atoms with Crippen molar-refractivity contribution in [2.75, 3.05) is 17.3 Å². The fraction of sp³-hybridized carbons (Fsp3) is 0.211. The minimum atomic E-state index is -0.691. The average molecular weight is 436 g/mol. The van der Waals surface area contributed by atoms with Crippen LogP contribution in [0.5, 0.6) is 0 Å². The molecule has 146 valence electrons. The number of benzene rings is 1. The smallest absolute Gasteiger partial charge is 0.287 e. The van der Waals surface area contributed by atoms with Crippen LogP contribution >= 0.6 is 34.7 Å². The molecule has 2 heterocycles. The topological polar surface area (TPSA) is 84.2 Å². The maximum absolute atomic E-state index is 12.7. The van der Waals surface area contributed by atoms with E-state index in [-0.39, 0.29) is 11.7 Å². The molecule has 0 aliphatic carbocycles. The summed E-state index contributed by atoms with van der Waals surface area (Å²) in [5.41, 5.74) is 1.59. The van der Waals surface area contributed by atoms with E-state index < -0.39 is 11.9 Å². The summed E-state index contributed by atoms with van der Waals surface area (Å²) in [7, 11) is 0. The molecule has 0 radical (unpaired) electrons. The number of halogens is 1. The molecule has 1 aromatic carbocycles.